The molecule has 1 aliphatic rings. The molecule has 0 spiro atoms. The Labute approximate surface area is 94.7 Å². The number of phenolic OH excluding ortho intramolecular Hbond substituents is 1. The third-order valence-electron chi connectivity index (χ3n) is 3.62. The maximum absolute atomic E-state index is 10.8. The quantitative estimate of drug-likeness (QED) is 0.822. The van der Waals surface area contributed by atoms with Crippen molar-refractivity contribution < 1.29 is 15.0 Å². The van der Waals surface area contributed by atoms with E-state index < -0.39 is 5.97 Å². The van der Waals surface area contributed by atoms with E-state index >= 15 is 0 Å². The lowest BCUT2D eigenvalue weighted by atomic mass is 9.89. The Morgan fingerprint density at radius 1 is 1.38 bits per heavy atom. The van der Waals surface area contributed by atoms with Gasteiger partial charge in [0, 0.05) is 11.0 Å². The monoisotopic (exact) mass is 220 g/mol. The van der Waals surface area contributed by atoms with Crippen LogP contribution < -0.4 is 0 Å². The molecule has 16 heavy (non-hydrogen) atoms. The molecule has 2 N–H and O–H groups in total. The van der Waals surface area contributed by atoms with Crippen LogP contribution in [0.4, 0.5) is 0 Å². The zero-order valence-electron chi connectivity index (χ0n) is 9.58. The van der Waals surface area contributed by atoms with Crippen LogP contribution in [0, 0.1) is 13.8 Å². The van der Waals surface area contributed by atoms with E-state index in [9.17, 15) is 9.90 Å². The van der Waals surface area contributed by atoms with Crippen molar-refractivity contribution >= 4 is 5.97 Å². The average molecular weight is 220 g/mol. The Balaban J connectivity index is 2.42. The molecular weight excluding hydrogens is 204 g/mol. The van der Waals surface area contributed by atoms with Crippen molar-refractivity contribution in [3.05, 3.63) is 28.8 Å². The predicted molar refractivity (Wildman–Crippen MR) is 60.7 cm³/mol. The second kappa shape index (κ2) is 3.51. The highest BCUT2D eigenvalue weighted by Crippen LogP contribution is 2.54. The third kappa shape index (κ3) is 1.66. The summed E-state index contributed by atoms with van der Waals surface area (Å²) >= 11 is 0. The first kappa shape index (κ1) is 11.0. The minimum absolute atomic E-state index is 0.114. The SMILES string of the molecule is Cc1ccc(C2(CC(=O)O)CC2)c(O)c1C. The normalized spacial score (nSPS) is 17.1. The second-order valence-electron chi connectivity index (χ2n) is 4.75. The van der Waals surface area contributed by atoms with E-state index in [0.29, 0.717) is 0 Å². The summed E-state index contributed by atoms with van der Waals surface area (Å²) in [5.41, 5.74) is 2.38. The molecular formula is C13H16O3. The molecule has 0 atom stereocenters. The van der Waals surface area contributed by atoms with Gasteiger partial charge >= 0.3 is 5.97 Å². The van der Waals surface area contributed by atoms with Crippen LogP contribution in [-0.4, -0.2) is 16.2 Å². The van der Waals surface area contributed by atoms with Gasteiger partial charge in [0.05, 0.1) is 6.42 Å². The van der Waals surface area contributed by atoms with Crippen LogP contribution in [-0.2, 0) is 10.2 Å². The standard InChI is InChI=1S/C13H16O3/c1-8-3-4-10(12(16)9(8)2)13(5-6-13)7-11(14)15/h3-4,16H,5-7H2,1-2H3,(H,14,15). The highest BCUT2D eigenvalue weighted by Gasteiger charge is 2.47. The minimum atomic E-state index is -0.796. The maximum Gasteiger partial charge on any atom is 0.304 e. The van der Waals surface area contributed by atoms with Gasteiger partial charge in [-0.2, -0.15) is 0 Å². The van der Waals surface area contributed by atoms with Gasteiger partial charge in [-0.3, -0.25) is 4.79 Å². The fourth-order valence-corrected chi connectivity index (χ4v) is 2.21. The van der Waals surface area contributed by atoms with Gasteiger partial charge in [-0.05, 0) is 37.8 Å². The molecule has 2 rings (SSSR count). The molecule has 1 aromatic rings. The Morgan fingerprint density at radius 3 is 2.50 bits per heavy atom. The molecule has 1 fully saturated rings. The number of carboxylic acids is 1. The van der Waals surface area contributed by atoms with Crippen molar-refractivity contribution in [1.29, 1.82) is 0 Å². The highest BCUT2D eigenvalue weighted by atomic mass is 16.4. The van der Waals surface area contributed by atoms with Gasteiger partial charge in [0.1, 0.15) is 5.75 Å². The molecule has 86 valence electrons. The smallest absolute Gasteiger partial charge is 0.304 e. The molecule has 0 amide bonds. The molecule has 0 aromatic heterocycles. The van der Waals surface area contributed by atoms with Crippen LogP contribution in [0.3, 0.4) is 0 Å². The summed E-state index contributed by atoms with van der Waals surface area (Å²) in [6, 6.07) is 3.82. The maximum atomic E-state index is 10.8. The van der Waals surface area contributed by atoms with E-state index in [2.05, 4.69) is 0 Å². The molecule has 0 bridgehead atoms. The van der Waals surface area contributed by atoms with E-state index in [1.807, 2.05) is 26.0 Å². The summed E-state index contributed by atoms with van der Waals surface area (Å²) in [5.74, 6) is -0.520. The van der Waals surface area contributed by atoms with Crippen LogP contribution >= 0.6 is 0 Å². The van der Waals surface area contributed by atoms with Crippen LogP contribution in [0.5, 0.6) is 5.75 Å². The van der Waals surface area contributed by atoms with Crippen molar-refractivity contribution in [3.8, 4) is 5.75 Å². The molecule has 0 aliphatic heterocycles. The molecule has 1 saturated carbocycles. The highest BCUT2D eigenvalue weighted by molar-refractivity contribution is 5.71. The number of rotatable bonds is 3. The number of phenols is 1. The van der Waals surface area contributed by atoms with E-state index in [4.69, 9.17) is 5.11 Å². The summed E-state index contributed by atoms with van der Waals surface area (Å²) in [4.78, 5) is 10.8. The van der Waals surface area contributed by atoms with Crippen molar-refractivity contribution in [3.63, 3.8) is 0 Å². The van der Waals surface area contributed by atoms with Gasteiger partial charge in [-0.15, -0.1) is 0 Å². The topological polar surface area (TPSA) is 57.5 Å². The van der Waals surface area contributed by atoms with E-state index in [1.165, 1.54) is 0 Å². The Kier molecular flexibility index (Phi) is 2.41. The summed E-state index contributed by atoms with van der Waals surface area (Å²) in [5, 5.41) is 19.0. The molecule has 1 aliphatic carbocycles. The first-order chi connectivity index (χ1) is 7.46. The number of aryl methyl sites for hydroxylation is 1. The largest absolute Gasteiger partial charge is 0.507 e. The lowest BCUT2D eigenvalue weighted by Crippen LogP contribution is -2.13. The van der Waals surface area contributed by atoms with Crippen LogP contribution in [0.15, 0.2) is 12.1 Å². The van der Waals surface area contributed by atoms with Gasteiger partial charge < -0.3 is 10.2 Å². The molecule has 0 unspecified atom stereocenters. The van der Waals surface area contributed by atoms with E-state index in [0.717, 1.165) is 29.5 Å². The first-order valence-corrected chi connectivity index (χ1v) is 5.48. The number of benzene rings is 1. The van der Waals surface area contributed by atoms with Crippen molar-refractivity contribution in [2.24, 2.45) is 0 Å². The summed E-state index contributed by atoms with van der Waals surface area (Å²) < 4.78 is 0. The van der Waals surface area contributed by atoms with Crippen LogP contribution in [0.25, 0.3) is 0 Å². The van der Waals surface area contributed by atoms with Crippen molar-refractivity contribution in [2.45, 2.75) is 38.5 Å². The average Bonchev–Trinajstić information content (AvgIpc) is 2.94. The number of hydrogen-bond acceptors (Lipinski definition) is 2. The van der Waals surface area contributed by atoms with Crippen molar-refractivity contribution in [1.82, 2.24) is 0 Å². The fraction of sp³-hybridized carbons (Fsp3) is 0.462. The van der Waals surface area contributed by atoms with Gasteiger partial charge in [-0.25, -0.2) is 0 Å². The second-order valence-corrected chi connectivity index (χ2v) is 4.75. The number of carboxylic acid groups (broad SMARTS) is 1. The molecule has 0 saturated heterocycles. The fourth-order valence-electron chi connectivity index (χ4n) is 2.21. The zero-order chi connectivity index (χ0) is 11.9. The summed E-state index contributed by atoms with van der Waals surface area (Å²) in [6.45, 7) is 3.81. The predicted octanol–water partition coefficient (Wildman–Crippen LogP) is 2.52. The van der Waals surface area contributed by atoms with Crippen molar-refractivity contribution in [2.75, 3.05) is 0 Å². The van der Waals surface area contributed by atoms with Gasteiger partial charge in [0.2, 0.25) is 0 Å². The number of carbonyl (C=O) groups is 1. The number of aromatic hydroxyl groups is 1. The van der Waals surface area contributed by atoms with E-state index in [-0.39, 0.29) is 17.6 Å². The minimum Gasteiger partial charge on any atom is -0.507 e. The molecule has 3 heteroatoms. The first-order valence-electron chi connectivity index (χ1n) is 5.48. The van der Waals surface area contributed by atoms with Gasteiger partial charge in [-0.1, -0.05) is 12.1 Å². The summed E-state index contributed by atoms with van der Waals surface area (Å²) in [7, 11) is 0. The van der Waals surface area contributed by atoms with Crippen LogP contribution in [0.1, 0.15) is 36.0 Å². The van der Waals surface area contributed by atoms with Crippen LogP contribution in [0.2, 0.25) is 0 Å². The number of hydrogen-bond donors (Lipinski definition) is 2. The molecule has 3 nitrogen and oxygen atoms in total. The lowest BCUT2D eigenvalue weighted by molar-refractivity contribution is -0.137. The van der Waals surface area contributed by atoms with E-state index in [1.54, 1.807) is 0 Å². The Hall–Kier alpha value is -1.51. The Morgan fingerprint density at radius 2 is 2.00 bits per heavy atom. The zero-order valence-corrected chi connectivity index (χ0v) is 9.58. The number of aliphatic carboxylic acids is 1. The van der Waals surface area contributed by atoms with Gasteiger partial charge in [0.15, 0.2) is 0 Å². The van der Waals surface area contributed by atoms with Gasteiger partial charge in [0.25, 0.3) is 0 Å². The molecule has 0 radical (unpaired) electrons. The molecule has 0 heterocycles. The lowest BCUT2D eigenvalue weighted by Gasteiger charge is -2.17. The third-order valence-corrected chi connectivity index (χ3v) is 3.62. The Bertz CT molecular complexity index is 445. The summed E-state index contributed by atoms with van der Waals surface area (Å²) in [6.07, 6.45) is 1.83. The molecule has 1 aromatic carbocycles.